The molecular formula is C40H78O10. The fraction of sp³-hybridized carbons (Fsp3) is 0.925. The Hall–Kier alpha value is -1.75. The Morgan fingerprint density at radius 3 is 1.24 bits per heavy atom. The van der Waals surface area contributed by atoms with Gasteiger partial charge in [0.05, 0.1) is 17.4 Å². The zero-order valence-electron chi connectivity index (χ0n) is 34.9. The Morgan fingerprint density at radius 2 is 0.940 bits per heavy atom. The Morgan fingerprint density at radius 1 is 0.540 bits per heavy atom. The van der Waals surface area contributed by atoms with Crippen molar-refractivity contribution in [2.75, 3.05) is 0 Å². The first kappa shape index (κ1) is 50.4. The Bertz CT molecular complexity index is 893. The molecule has 1 N–H and O–H groups in total. The lowest BCUT2D eigenvalue weighted by atomic mass is 9.84. The first-order valence-corrected chi connectivity index (χ1v) is 19.4. The third kappa shape index (κ3) is 22.9. The van der Waals surface area contributed by atoms with Gasteiger partial charge >= 0.3 is 17.9 Å². The fourth-order valence-electron chi connectivity index (χ4n) is 5.54. The van der Waals surface area contributed by atoms with Crippen LogP contribution in [-0.2, 0) is 43.7 Å². The van der Waals surface area contributed by atoms with Crippen molar-refractivity contribution >= 4 is 17.9 Å². The van der Waals surface area contributed by atoms with Crippen LogP contribution in [0, 0.1) is 17.3 Å². The number of hydrogen-bond acceptors (Lipinski definition) is 9. The molecule has 0 rings (SSSR count). The second-order valence-electron chi connectivity index (χ2n) is 16.9. The van der Waals surface area contributed by atoms with Crippen molar-refractivity contribution in [2.24, 2.45) is 17.3 Å². The van der Waals surface area contributed by atoms with E-state index in [1.165, 1.54) is 0 Å². The Labute approximate surface area is 306 Å². The third-order valence-electron chi connectivity index (χ3n) is 8.77. The van der Waals surface area contributed by atoms with Crippen LogP contribution in [0.3, 0.4) is 0 Å². The van der Waals surface area contributed by atoms with E-state index in [0.717, 1.165) is 70.6 Å². The molecule has 298 valence electrons. The normalized spacial score (nSPS) is 14.9. The molecule has 10 heteroatoms. The largest absolute Gasteiger partial charge is 0.479 e. The van der Waals surface area contributed by atoms with Gasteiger partial charge in [-0.25, -0.2) is 24.2 Å². The van der Waals surface area contributed by atoms with E-state index in [1.54, 1.807) is 0 Å². The molecule has 0 saturated carbocycles. The van der Waals surface area contributed by atoms with Gasteiger partial charge in [-0.3, -0.25) is 9.78 Å². The molecule has 0 aromatic carbocycles. The van der Waals surface area contributed by atoms with Crippen molar-refractivity contribution in [3.05, 3.63) is 0 Å². The zero-order valence-corrected chi connectivity index (χ0v) is 34.9. The average Bonchev–Trinajstić information content (AvgIpc) is 3.02. The summed E-state index contributed by atoms with van der Waals surface area (Å²) in [6, 6.07) is 0. The van der Waals surface area contributed by atoms with Gasteiger partial charge < -0.3 is 5.11 Å². The maximum absolute atomic E-state index is 12.2. The summed E-state index contributed by atoms with van der Waals surface area (Å²) >= 11 is 0. The van der Waals surface area contributed by atoms with E-state index in [9.17, 15) is 19.5 Å². The molecular weight excluding hydrogens is 640 g/mol. The molecule has 0 saturated heterocycles. The highest BCUT2D eigenvalue weighted by atomic mass is 17.2. The molecule has 3 unspecified atom stereocenters. The van der Waals surface area contributed by atoms with Crippen LogP contribution < -0.4 is 0 Å². The number of aliphatic carboxylic acids is 1. The van der Waals surface area contributed by atoms with Gasteiger partial charge in [-0.15, -0.1) is 0 Å². The van der Waals surface area contributed by atoms with Crippen molar-refractivity contribution in [1.29, 1.82) is 0 Å². The van der Waals surface area contributed by atoms with Crippen LogP contribution in [0.2, 0.25) is 0 Å². The molecule has 50 heavy (non-hydrogen) atoms. The molecule has 10 nitrogen and oxygen atoms in total. The average molecular weight is 719 g/mol. The number of hydrogen-bond donors (Lipinski definition) is 1. The van der Waals surface area contributed by atoms with Gasteiger partial charge in [-0.05, 0) is 105 Å². The quantitative estimate of drug-likeness (QED) is 0.0681. The van der Waals surface area contributed by atoms with E-state index < -0.39 is 28.4 Å². The molecule has 0 radical (unpaired) electrons. The Balaban J connectivity index is 0. The maximum atomic E-state index is 12.2. The van der Waals surface area contributed by atoms with Crippen LogP contribution in [0.15, 0.2) is 0 Å². The summed E-state index contributed by atoms with van der Waals surface area (Å²) in [5.74, 6) is -1.80. The lowest BCUT2D eigenvalue weighted by Gasteiger charge is -2.35. The number of carboxylic acids is 1. The van der Waals surface area contributed by atoms with Crippen molar-refractivity contribution < 1.29 is 48.8 Å². The summed E-state index contributed by atoms with van der Waals surface area (Å²) in [6.45, 7) is 29.7. The van der Waals surface area contributed by atoms with Crippen LogP contribution in [-0.4, -0.2) is 45.4 Å². The summed E-state index contributed by atoms with van der Waals surface area (Å²) in [7, 11) is 0. The smallest absolute Gasteiger partial charge is 0.345 e. The van der Waals surface area contributed by atoms with Gasteiger partial charge in [0.15, 0.2) is 5.60 Å². The van der Waals surface area contributed by atoms with Crippen LogP contribution >= 0.6 is 0 Å². The minimum absolute atomic E-state index is 0.0916. The SMILES string of the molecule is CCCCC(CC)(OOC(C)(C)CC(C)(C)C)C(=O)O.CCCCC(CC)C(=O)OOC(C)(C)CCC(C)(C)OOC(=O)C(CC)CCCC. The fourth-order valence-corrected chi connectivity index (χ4v) is 5.54. The highest BCUT2D eigenvalue weighted by Gasteiger charge is 2.41. The van der Waals surface area contributed by atoms with E-state index in [4.69, 9.17) is 29.3 Å². The molecule has 0 aliphatic heterocycles. The standard InChI is InChI=1S/C24H46O6.C16H32O4/c1-9-13-15-19(11-3)21(25)27-29-23(5,6)17-18-24(7,8)30-28-22(26)20(12-4)16-14-10-2;1-8-10-11-16(9-2,13(17)18)20-19-15(6,7)12-14(3,4)5/h19-20H,9-18H2,1-8H3;8-12H2,1-7H3,(H,17,18). The number of rotatable bonds is 26. The van der Waals surface area contributed by atoms with E-state index in [-0.39, 0.29) is 29.2 Å². The molecule has 0 aliphatic rings. The molecule has 3 atom stereocenters. The first-order chi connectivity index (χ1) is 23.0. The van der Waals surface area contributed by atoms with Gasteiger partial charge in [0, 0.05) is 0 Å². The number of carboxylic acid groups (broad SMARTS) is 1. The highest BCUT2D eigenvalue weighted by molar-refractivity contribution is 5.77. The Kier molecular flexibility index (Phi) is 24.7. The number of unbranched alkanes of at least 4 members (excludes halogenated alkanes) is 3. The maximum Gasteiger partial charge on any atom is 0.345 e. The van der Waals surface area contributed by atoms with Gasteiger partial charge in [0.1, 0.15) is 11.2 Å². The van der Waals surface area contributed by atoms with E-state index >= 15 is 0 Å². The van der Waals surface area contributed by atoms with Gasteiger partial charge in [-0.1, -0.05) is 101 Å². The summed E-state index contributed by atoms with van der Waals surface area (Å²) in [5, 5.41) is 9.47. The molecule has 0 bridgehead atoms. The second kappa shape index (κ2) is 24.5. The minimum Gasteiger partial charge on any atom is -0.479 e. The lowest BCUT2D eigenvalue weighted by molar-refractivity contribution is -0.405. The van der Waals surface area contributed by atoms with Gasteiger partial charge in [0.25, 0.3) is 0 Å². The molecule has 0 aromatic rings. The number of carbonyl (C=O) groups is 3. The molecule has 0 heterocycles. The van der Waals surface area contributed by atoms with Crippen molar-refractivity contribution in [1.82, 2.24) is 0 Å². The van der Waals surface area contributed by atoms with Crippen molar-refractivity contribution in [3.8, 4) is 0 Å². The van der Waals surface area contributed by atoms with Crippen molar-refractivity contribution in [2.45, 2.75) is 223 Å². The molecule has 0 aliphatic carbocycles. The predicted octanol–water partition coefficient (Wildman–Crippen LogP) is 11.3. The van der Waals surface area contributed by atoms with E-state index in [0.29, 0.717) is 25.7 Å². The van der Waals surface area contributed by atoms with Crippen LogP contribution in [0.5, 0.6) is 0 Å². The third-order valence-corrected chi connectivity index (χ3v) is 8.77. The van der Waals surface area contributed by atoms with E-state index in [2.05, 4.69) is 34.6 Å². The summed E-state index contributed by atoms with van der Waals surface area (Å²) < 4.78 is 0. The van der Waals surface area contributed by atoms with Crippen LogP contribution in [0.1, 0.15) is 200 Å². The first-order valence-electron chi connectivity index (χ1n) is 19.4. The summed E-state index contributed by atoms with van der Waals surface area (Å²) in [5.41, 5.74) is -2.99. The number of carbonyl (C=O) groups excluding carboxylic acids is 2. The highest BCUT2D eigenvalue weighted by Crippen LogP contribution is 2.33. The van der Waals surface area contributed by atoms with Gasteiger partial charge in [-0.2, -0.15) is 9.78 Å². The van der Waals surface area contributed by atoms with Gasteiger partial charge in [0.2, 0.25) is 0 Å². The van der Waals surface area contributed by atoms with E-state index in [1.807, 2.05) is 69.2 Å². The lowest BCUT2D eigenvalue weighted by Crippen LogP contribution is -2.44. The topological polar surface area (TPSA) is 127 Å². The zero-order chi connectivity index (χ0) is 39.2. The monoisotopic (exact) mass is 719 g/mol. The summed E-state index contributed by atoms with van der Waals surface area (Å²) in [4.78, 5) is 68.2. The molecule has 0 amide bonds. The second-order valence-corrected chi connectivity index (χ2v) is 16.9. The van der Waals surface area contributed by atoms with Crippen LogP contribution in [0.25, 0.3) is 0 Å². The molecule has 0 aromatic heterocycles. The van der Waals surface area contributed by atoms with Crippen molar-refractivity contribution in [3.63, 3.8) is 0 Å². The molecule has 0 fully saturated rings. The minimum atomic E-state index is -1.23. The summed E-state index contributed by atoms with van der Waals surface area (Å²) in [6.07, 6.45) is 11.8. The van der Waals surface area contributed by atoms with Crippen LogP contribution in [0.4, 0.5) is 0 Å². The molecule has 0 spiro atoms. The predicted molar refractivity (Wildman–Crippen MR) is 199 cm³/mol.